The Morgan fingerprint density at radius 3 is 2.60 bits per heavy atom. The molecular weight excluding hydrogens is 260 g/mol. The highest BCUT2D eigenvalue weighted by atomic mass is 16.6. The predicted molar refractivity (Wildman–Crippen MR) is 77.0 cm³/mol. The van der Waals surface area contributed by atoms with Crippen LogP contribution >= 0.6 is 0 Å². The van der Waals surface area contributed by atoms with Gasteiger partial charge >= 0.3 is 0 Å². The maximum atomic E-state index is 10.9. The largest absolute Gasteiger partial charge is 0.488 e. The van der Waals surface area contributed by atoms with E-state index in [1.807, 2.05) is 20.8 Å². The van der Waals surface area contributed by atoms with Crippen LogP contribution in [0, 0.1) is 10.1 Å². The molecular formula is C14H22N2O4. The Labute approximate surface area is 119 Å². The molecule has 0 aliphatic carbocycles. The van der Waals surface area contributed by atoms with Gasteiger partial charge < -0.3 is 14.8 Å². The van der Waals surface area contributed by atoms with Crippen molar-refractivity contribution in [3.63, 3.8) is 0 Å². The fourth-order valence-corrected chi connectivity index (χ4v) is 1.73. The molecule has 1 unspecified atom stereocenters. The first kappa shape index (κ1) is 16.4. The van der Waals surface area contributed by atoms with Crippen LogP contribution < -0.4 is 10.1 Å². The molecule has 1 N–H and O–H groups in total. The Bertz CT molecular complexity index is 449. The summed E-state index contributed by atoms with van der Waals surface area (Å²) in [5, 5.41) is 14.1. The number of non-ortho nitro benzene ring substituents is 1. The minimum atomic E-state index is -0.402. The van der Waals surface area contributed by atoms with Crippen molar-refractivity contribution in [3.05, 3.63) is 33.9 Å². The minimum absolute atomic E-state index is 0.0669. The van der Waals surface area contributed by atoms with E-state index in [1.54, 1.807) is 19.2 Å². The van der Waals surface area contributed by atoms with Crippen molar-refractivity contribution in [1.82, 2.24) is 5.32 Å². The zero-order chi connectivity index (χ0) is 15.1. The second kappa shape index (κ2) is 7.81. The molecule has 0 amide bonds. The van der Waals surface area contributed by atoms with Gasteiger partial charge in [-0.1, -0.05) is 13.8 Å². The van der Waals surface area contributed by atoms with Crippen molar-refractivity contribution in [2.75, 3.05) is 13.7 Å². The Balaban J connectivity index is 2.92. The molecule has 1 aromatic rings. The van der Waals surface area contributed by atoms with E-state index in [0.717, 1.165) is 5.56 Å². The van der Waals surface area contributed by atoms with Gasteiger partial charge in [-0.05, 0) is 13.0 Å². The summed E-state index contributed by atoms with van der Waals surface area (Å²) in [6.45, 7) is 6.92. The summed E-state index contributed by atoms with van der Waals surface area (Å²) < 4.78 is 10.8. The predicted octanol–water partition coefficient (Wildman–Crippen LogP) is 2.51. The monoisotopic (exact) mass is 282 g/mol. The van der Waals surface area contributed by atoms with Crippen LogP contribution in [0.2, 0.25) is 0 Å². The molecule has 1 aromatic carbocycles. The molecule has 0 aliphatic rings. The van der Waals surface area contributed by atoms with Crippen molar-refractivity contribution >= 4 is 5.69 Å². The van der Waals surface area contributed by atoms with Gasteiger partial charge in [0.15, 0.2) is 0 Å². The first-order valence-corrected chi connectivity index (χ1v) is 6.60. The van der Waals surface area contributed by atoms with Gasteiger partial charge in [0, 0.05) is 37.4 Å². The normalized spacial score (nSPS) is 12.4. The molecule has 1 atom stereocenters. The number of hydrogen-bond acceptors (Lipinski definition) is 5. The smallest absolute Gasteiger partial charge is 0.270 e. The van der Waals surface area contributed by atoms with E-state index in [9.17, 15) is 10.1 Å². The molecule has 0 radical (unpaired) electrons. The fourth-order valence-electron chi connectivity index (χ4n) is 1.73. The van der Waals surface area contributed by atoms with E-state index in [4.69, 9.17) is 9.47 Å². The summed E-state index contributed by atoms with van der Waals surface area (Å²) in [6, 6.07) is 4.93. The van der Waals surface area contributed by atoms with E-state index in [2.05, 4.69) is 5.32 Å². The average Bonchev–Trinajstić information content (AvgIpc) is 2.37. The number of rotatable bonds is 8. The quantitative estimate of drug-likeness (QED) is 0.586. The molecule has 6 nitrogen and oxygen atoms in total. The molecule has 0 saturated carbocycles. The molecule has 0 heterocycles. The van der Waals surface area contributed by atoms with Crippen LogP contribution in [0.15, 0.2) is 18.2 Å². The van der Waals surface area contributed by atoms with E-state index in [0.29, 0.717) is 24.9 Å². The SMILES string of the molecule is COCC(C)Oc1ccc([N+](=O)[O-])cc1CNC(C)C. The van der Waals surface area contributed by atoms with Crippen LogP contribution in [-0.2, 0) is 11.3 Å². The van der Waals surface area contributed by atoms with Gasteiger partial charge in [-0.25, -0.2) is 0 Å². The Morgan fingerprint density at radius 2 is 2.05 bits per heavy atom. The highest BCUT2D eigenvalue weighted by Gasteiger charge is 2.14. The van der Waals surface area contributed by atoms with E-state index < -0.39 is 4.92 Å². The third-order valence-corrected chi connectivity index (χ3v) is 2.69. The molecule has 1 rings (SSSR count). The lowest BCUT2D eigenvalue weighted by Crippen LogP contribution is -2.23. The molecule has 20 heavy (non-hydrogen) atoms. The van der Waals surface area contributed by atoms with Gasteiger partial charge in [0.2, 0.25) is 0 Å². The second-order valence-electron chi connectivity index (χ2n) is 4.97. The highest BCUT2D eigenvalue weighted by Crippen LogP contribution is 2.25. The lowest BCUT2D eigenvalue weighted by atomic mass is 10.1. The number of nitrogens with zero attached hydrogens (tertiary/aromatic N) is 1. The van der Waals surface area contributed by atoms with E-state index in [-0.39, 0.29) is 11.8 Å². The van der Waals surface area contributed by atoms with Crippen molar-refractivity contribution in [2.45, 2.75) is 39.5 Å². The van der Waals surface area contributed by atoms with Crippen molar-refractivity contribution in [3.8, 4) is 5.75 Å². The maximum Gasteiger partial charge on any atom is 0.270 e. The topological polar surface area (TPSA) is 73.6 Å². The maximum absolute atomic E-state index is 10.9. The third-order valence-electron chi connectivity index (χ3n) is 2.69. The second-order valence-corrected chi connectivity index (χ2v) is 4.97. The molecule has 0 aliphatic heterocycles. The number of benzene rings is 1. The van der Waals surface area contributed by atoms with E-state index in [1.165, 1.54) is 6.07 Å². The number of nitro groups is 1. The molecule has 112 valence electrons. The van der Waals surface area contributed by atoms with Crippen LogP contribution in [0.3, 0.4) is 0 Å². The average molecular weight is 282 g/mol. The van der Waals surface area contributed by atoms with Crippen LogP contribution in [0.1, 0.15) is 26.3 Å². The zero-order valence-corrected chi connectivity index (χ0v) is 12.4. The third kappa shape index (κ3) is 5.14. The Hall–Kier alpha value is -1.66. The van der Waals surface area contributed by atoms with Gasteiger partial charge in [-0.2, -0.15) is 0 Å². The highest BCUT2D eigenvalue weighted by molar-refractivity contribution is 5.44. The minimum Gasteiger partial charge on any atom is -0.488 e. The molecule has 0 saturated heterocycles. The van der Waals surface area contributed by atoms with Gasteiger partial charge in [0.1, 0.15) is 11.9 Å². The van der Waals surface area contributed by atoms with Crippen molar-refractivity contribution in [2.24, 2.45) is 0 Å². The van der Waals surface area contributed by atoms with Gasteiger partial charge in [-0.15, -0.1) is 0 Å². The summed E-state index contributed by atoms with van der Waals surface area (Å²) in [5.41, 5.74) is 0.841. The van der Waals surface area contributed by atoms with Crippen LogP contribution in [0.5, 0.6) is 5.75 Å². The Morgan fingerprint density at radius 1 is 1.35 bits per heavy atom. The Kier molecular flexibility index (Phi) is 6.41. The van der Waals surface area contributed by atoms with Crippen LogP contribution in [0.4, 0.5) is 5.69 Å². The molecule has 0 fully saturated rings. The van der Waals surface area contributed by atoms with E-state index >= 15 is 0 Å². The van der Waals surface area contributed by atoms with Gasteiger partial charge in [0.05, 0.1) is 11.5 Å². The summed E-state index contributed by atoms with van der Waals surface area (Å²) in [6.07, 6.45) is -0.112. The summed E-state index contributed by atoms with van der Waals surface area (Å²) in [7, 11) is 1.61. The summed E-state index contributed by atoms with van der Waals surface area (Å²) >= 11 is 0. The lowest BCUT2D eigenvalue weighted by Gasteiger charge is -2.17. The standard InChI is InChI=1S/C14H22N2O4/c1-10(2)15-8-12-7-13(16(17)18)5-6-14(12)20-11(3)9-19-4/h5-7,10-11,15H,8-9H2,1-4H3. The van der Waals surface area contributed by atoms with Crippen LogP contribution in [-0.4, -0.2) is 30.8 Å². The number of nitrogens with one attached hydrogen (secondary N) is 1. The van der Waals surface area contributed by atoms with Crippen molar-refractivity contribution < 1.29 is 14.4 Å². The van der Waals surface area contributed by atoms with Gasteiger partial charge in [-0.3, -0.25) is 10.1 Å². The first-order chi connectivity index (χ1) is 9.43. The fraction of sp³-hybridized carbons (Fsp3) is 0.571. The van der Waals surface area contributed by atoms with Gasteiger partial charge in [0.25, 0.3) is 5.69 Å². The number of hydrogen-bond donors (Lipinski definition) is 1. The molecule has 0 bridgehead atoms. The van der Waals surface area contributed by atoms with Crippen molar-refractivity contribution in [1.29, 1.82) is 0 Å². The summed E-state index contributed by atoms with van der Waals surface area (Å²) in [4.78, 5) is 10.5. The molecule has 0 spiro atoms. The summed E-state index contributed by atoms with van der Waals surface area (Å²) in [5.74, 6) is 0.647. The zero-order valence-electron chi connectivity index (χ0n) is 12.4. The van der Waals surface area contributed by atoms with Crippen LogP contribution in [0.25, 0.3) is 0 Å². The number of methoxy groups -OCH3 is 1. The lowest BCUT2D eigenvalue weighted by molar-refractivity contribution is -0.384. The number of ether oxygens (including phenoxy) is 2. The molecule has 6 heteroatoms. The number of nitro benzene ring substituents is 1. The molecule has 0 aromatic heterocycles. The first-order valence-electron chi connectivity index (χ1n) is 6.60.